The van der Waals surface area contributed by atoms with Gasteiger partial charge in [0.25, 0.3) is 5.91 Å². The highest BCUT2D eigenvalue weighted by molar-refractivity contribution is 6.04. The summed E-state index contributed by atoms with van der Waals surface area (Å²) >= 11 is 0. The van der Waals surface area contributed by atoms with Gasteiger partial charge < -0.3 is 5.32 Å². The van der Waals surface area contributed by atoms with Crippen LogP contribution in [-0.4, -0.2) is 16.1 Å². The molecule has 122 valence electrons. The van der Waals surface area contributed by atoms with Crippen LogP contribution in [0.15, 0.2) is 60.8 Å². The van der Waals surface area contributed by atoms with E-state index in [1.54, 1.807) is 30.5 Å². The fraction of sp³-hybridized carbons (Fsp3) is 0.0588. The summed E-state index contributed by atoms with van der Waals surface area (Å²) in [5.74, 6) is -0.481. The summed E-state index contributed by atoms with van der Waals surface area (Å²) < 4.78 is 37.6. The Kier molecular flexibility index (Phi) is 4.07. The van der Waals surface area contributed by atoms with Gasteiger partial charge >= 0.3 is 6.18 Å². The van der Waals surface area contributed by atoms with Crippen molar-refractivity contribution < 1.29 is 18.0 Å². The number of carbonyl (C=O) groups is 1. The third-order valence-corrected chi connectivity index (χ3v) is 3.41. The van der Waals surface area contributed by atoms with Gasteiger partial charge in [-0.3, -0.25) is 9.89 Å². The zero-order chi connectivity index (χ0) is 17.2. The van der Waals surface area contributed by atoms with Crippen LogP contribution in [0, 0.1) is 0 Å². The number of rotatable bonds is 3. The van der Waals surface area contributed by atoms with Gasteiger partial charge in [0.15, 0.2) is 0 Å². The predicted octanol–water partition coefficient (Wildman–Crippen LogP) is 4.35. The van der Waals surface area contributed by atoms with Gasteiger partial charge in [0.05, 0.1) is 11.3 Å². The Balaban J connectivity index is 1.76. The minimum atomic E-state index is -4.42. The van der Waals surface area contributed by atoms with E-state index < -0.39 is 17.6 Å². The minimum absolute atomic E-state index is 0.148. The molecule has 3 aromatic rings. The molecule has 0 aliphatic rings. The number of anilines is 1. The largest absolute Gasteiger partial charge is 0.416 e. The molecule has 0 aliphatic carbocycles. The SMILES string of the molecule is O=C(Nc1cccc(-c2ccn[nH]2)c1)c1ccc(C(F)(F)F)cc1. The number of H-pyrrole nitrogens is 1. The van der Waals surface area contributed by atoms with Gasteiger partial charge in [0, 0.05) is 23.0 Å². The number of amides is 1. The topological polar surface area (TPSA) is 57.8 Å². The van der Waals surface area contributed by atoms with Crippen LogP contribution in [0.5, 0.6) is 0 Å². The van der Waals surface area contributed by atoms with E-state index in [4.69, 9.17) is 0 Å². The average molecular weight is 331 g/mol. The zero-order valence-electron chi connectivity index (χ0n) is 12.3. The molecular weight excluding hydrogens is 319 g/mol. The van der Waals surface area contributed by atoms with Gasteiger partial charge in [-0.05, 0) is 42.5 Å². The maximum absolute atomic E-state index is 12.5. The Bertz CT molecular complexity index is 840. The first-order chi connectivity index (χ1) is 11.4. The van der Waals surface area contributed by atoms with Crippen molar-refractivity contribution in [1.29, 1.82) is 0 Å². The molecule has 2 aromatic carbocycles. The number of carbonyl (C=O) groups excluding carboxylic acids is 1. The number of hydrogen-bond donors (Lipinski definition) is 2. The lowest BCUT2D eigenvalue weighted by molar-refractivity contribution is -0.137. The summed E-state index contributed by atoms with van der Waals surface area (Å²) in [7, 11) is 0. The highest BCUT2D eigenvalue weighted by Gasteiger charge is 2.30. The van der Waals surface area contributed by atoms with Crippen molar-refractivity contribution in [2.45, 2.75) is 6.18 Å². The van der Waals surface area contributed by atoms with E-state index in [0.29, 0.717) is 5.69 Å². The number of aromatic nitrogens is 2. The maximum atomic E-state index is 12.5. The monoisotopic (exact) mass is 331 g/mol. The van der Waals surface area contributed by atoms with Gasteiger partial charge in [-0.1, -0.05) is 12.1 Å². The highest BCUT2D eigenvalue weighted by Crippen LogP contribution is 2.29. The van der Waals surface area contributed by atoms with Crippen LogP contribution >= 0.6 is 0 Å². The molecule has 0 radical (unpaired) electrons. The number of hydrogen-bond acceptors (Lipinski definition) is 2. The summed E-state index contributed by atoms with van der Waals surface area (Å²) in [5.41, 5.74) is 1.51. The molecule has 0 fully saturated rings. The normalized spacial score (nSPS) is 11.3. The third-order valence-electron chi connectivity index (χ3n) is 3.41. The van der Waals surface area contributed by atoms with Crippen molar-refractivity contribution in [2.75, 3.05) is 5.32 Å². The lowest BCUT2D eigenvalue weighted by Crippen LogP contribution is -2.12. The lowest BCUT2D eigenvalue weighted by Gasteiger charge is -2.09. The van der Waals surface area contributed by atoms with Gasteiger partial charge in [0.1, 0.15) is 0 Å². The van der Waals surface area contributed by atoms with Gasteiger partial charge in [-0.25, -0.2) is 0 Å². The van der Waals surface area contributed by atoms with Crippen molar-refractivity contribution in [3.05, 3.63) is 71.9 Å². The second-order valence-electron chi connectivity index (χ2n) is 5.08. The molecule has 2 N–H and O–H groups in total. The van der Waals surface area contributed by atoms with Crippen molar-refractivity contribution in [2.24, 2.45) is 0 Å². The second-order valence-corrected chi connectivity index (χ2v) is 5.08. The molecule has 0 aliphatic heterocycles. The summed E-state index contributed by atoms with van der Waals surface area (Å²) in [4.78, 5) is 12.2. The van der Waals surface area contributed by atoms with Crippen molar-refractivity contribution in [3.8, 4) is 11.3 Å². The van der Waals surface area contributed by atoms with Crippen LogP contribution in [-0.2, 0) is 6.18 Å². The van der Waals surface area contributed by atoms with E-state index in [1.165, 1.54) is 0 Å². The number of alkyl halides is 3. The number of nitrogens with zero attached hydrogens (tertiary/aromatic N) is 1. The zero-order valence-corrected chi connectivity index (χ0v) is 12.3. The van der Waals surface area contributed by atoms with E-state index >= 15 is 0 Å². The van der Waals surface area contributed by atoms with Crippen LogP contribution in [0.2, 0.25) is 0 Å². The fourth-order valence-corrected chi connectivity index (χ4v) is 2.19. The van der Waals surface area contributed by atoms with E-state index in [1.807, 2.05) is 6.07 Å². The highest BCUT2D eigenvalue weighted by atomic mass is 19.4. The standard InChI is InChI=1S/C17H12F3N3O/c18-17(19,20)13-6-4-11(5-7-13)16(24)22-14-3-1-2-12(10-14)15-8-9-21-23-15/h1-10H,(H,21,23)(H,22,24). The Hall–Kier alpha value is -3.09. The van der Waals surface area contributed by atoms with Crippen molar-refractivity contribution in [1.82, 2.24) is 10.2 Å². The number of benzene rings is 2. The van der Waals surface area contributed by atoms with E-state index in [2.05, 4.69) is 15.5 Å². The number of halogens is 3. The summed E-state index contributed by atoms with van der Waals surface area (Å²) in [6.45, 7) is 0. The molecule has 3 rings (SSSR count). The fourth-order valence-electron chi connectivity index (χ4n) is 2.19. The number of nitrogens with one attached hydrogen (secondary N) is 2. The predicted molar refractivity (Wildman–Crippen MR) is 83.4 cm³/mol. The summed E-state index contributed by atoms with van der Waals surface area (Å²) in [5, 5.41) is 9.34. The van der Waals surface area contributed by atoms with Gasteiger partial charge in [-0.2, -0.15) is 18.3 Å². The molecule has 4 nitrogen and oxygen atoms in total. The first-order valence-corrected chi connectivity index (χ1v) is 7.02. The third kappa shape index (κ3) is 3.45. The maximum Gasteiger partial charge on any atom is 0.416 e. The molecule has 0 atom stereocenters. The molecule has 0 saturated carbocycles. The lowest BCUT2D eigenvalue weighted by atomic mass is 10.1. The molecule has 0 saturated heterocycles. The summed E-state index contributed by atoms with van der Waals surface area (Å²) in [6.07, 6.45) is -2.81. The molecule has 0 unspecified atom stereocenters. The van der Waals surface area contributed by atoms with Gasteiger partial charge in [-0.15, -0.1) is 0 Å². The van der Waals surface area contributed by atoms with Crippen LogP contribution in [0.3, 0.4) is 0 Å². The van der Waals surface area contributed by atoms with Crippen LogP contribution in [0.4, 0.5) is 18.9 Å². The molecule has 0 bridgehead atoms. The first-order valence-electron chi connectivity index (χ1n) is 7.02. The van der Waals surface area contributed by atoms with Crippen LogP contribution < -0.4 is 5.32 Å². The summed E-state index contributed by atoms with van der Waals surface area (Å²) in [6, 6.07) is 12.9. The second kappa shape index (κ2) is 6.19. The van der Waals surface area contributed by atoms with Crippen LogP contribution in [0.1, 0.15) is 15.9 Å². The Morgan fingerprint density at radius 1 is 1.04 bits per heavy atom. The Labute approximate surface area is 135 Å². The smallest absolute Gasteiger partial charge is 0.322 e. The molecule has 0 spiro atoms. The van der Waals surface area contributed by atoms with Crippen LogP contribution in [0.25, 0.3) is 11.3 Å². The van der Waals surface area contributed by atoms with E-state index in [9.17, 15) is 18.0 Å². The molecule has 1 heterocycles. The molecule has 1 amide bonds. The first kappa shape index (κ1) is 15.8. The Morgan fingerprint density at radius 3 is 2.42 bits per heavy atom. The molecule has 7 heteroatoms. The van der Waals surface area contributed by atoms with E-state index in [-0.39, 0.29) is 5.56 Å². The van der Waals surface area contributed by atoms with Gasteiger partial charge in [0.2, 0.25) is 0 Å². The van der Waals surface area contributed by atoms with E-state index in [0.717, 1.165) is 35.5 Å². The number of aromatic amines is 1. The Morgan fingerprint density at radius 2 is 1.79 bits per heavy atom. The van der Waals surface area contributed by atoms with Crippen molar-refractivity contribution >= 4 is 11.6 Å². The molecular formula is C17H12F3N3O. The van der Waals surface area contributed by atoms with Crippen molar-refractivity contribution in [3.63, 3.8) is 0 Å². The average Bonchev–Trinajstić information content (AvgIpc) is 3.09. The molecule has 1 aromatic heterocycles. The molecule has 24 heavy (non-hydrogen) atoms. The minimum Gasteiger partial charge on any atom is -0.322 e. The quantitative estimate of drug-likeness (QED) is 0.750.